The first-order valence-corrected chi connectivity index (χ1v) is 8.24. The van der Waals surface area contributed by atoms with Gasteiger partial charge in [-0.25, -0.2) is 4.98 Å². The van der Waals surface area contributed by atoms with E-state index >= 15 is 0 Å². The number of nitrogens with one attached hydrogen (secondary N) is 1. The van der Waals surface area contributed by atoms with Gasteiger partial charge in [0.15, 0.2) is 0 Å². The smallest absolute Gasteiger partial charge is 0.256 e. The van der Waals surface area contributed by atoms with Crippen LogP contribution in [0.2, 0.25) is 0 Å². The van der Waals surface area contributed by atoms with Gasteiger partial charge in [-0.3, -0.25) is 9.59 Å². The molecule has 0 bridgehead atoms. The van der Waals surface area contributed by atoms with Crippen molar-refractivity contribution in [2.75, 3.05) is 6.54 Å². The molecule has 1 amide bonds. The van der Waals surface area contributed by atoms with Crippen LogP contribution in [0.15, 0.2) is 65.5 Å². The monoisotopic (exact) mass is 331 g/mol. The molecule has 25 heavy (non-hydrogen) atoms. The second-order valence-electron chi connectivity index (χ2n) is 6.05. The summed E-state index contributed by atoms with van der Waals surface area (Å²) < 4.78 is 0. The van der Waals surface area contributed by atoms with Crippen LogP contribution in [0.4, 0.5) is 0 Å². The minimum atomic E-state index is -0.172. The highest BCUT2D eigenvalue weighted by molar-refractivity contribution is 5.94. The number of carbonyl (C=O) groups excluding carboxylic acids is 1. The van der Waals surface area contributed by atoms with Crippen molar-refractivity contribution < 1.29 is 4.79 Å². The molecule has 0 radical (unpaired) electrons. The summed E-state index contributed by atoms with van der Waals surface area (Å²) in [5.41, 5.74) is 2.70. The topological polar surface area (TPSA) is 66.1 Å². The predicted octanol–water partition coefficient (Wildman–Crippen LogP) is 2.64. The zero-order chi connectivity index (χ0) is 17.2. The van der Waals surface area contributed by atoms with Crippen LogP contribution in [0, 0.1) is 0 Å². The molecule has 1 aliphatic rings. The number of aromatic amines is 1. The van der Waals surface area contributed by atoms with Crippen molar-refractivity contribution in [2.24, 2.45) is 0 Å². The van der Waals surface area contributed by atoms with E-state index in [9.17, 15) is 9.59 Å². The first kappa shape index (κ1) is 15.3. The van der Waals surface area contributed by atoms with Crippen molar-refractivity contribution >= 4 is 5.91 Å². The van der Waals surface area contributed by atoms with E-state index in [4.69, 9.17) is 0 Å². The Hall–Kier alpha value is -3.21. The summed E-state index contributed by atoms with van der Waals surface area (Å²) in [6, 6.07) is 18.7. The lowest BCUT2D eigenvalue weighted by Gasteiger charge is -2.28. The van der Waals surface area contributed by atoms with Crippen molar-refractivity contribution in [1.82, 2.24) is 14.9 Å². The molecule has 0 atom stereocenters. The van der Waals surface area contributed by atoms with Crippen molar-refractivity contribution in [1.29, 1.82) is 0 Å². The zero-order valence-electron chi connectivity index (χ0n) is 13.6. The second-order valence-corrected chi connectivity index (χ2v) is 6.05. The molecule has 2 aromatic carbocycles. The van der Waals surface area contributed by atoms with Gasteiger partial charge in [-0.2, -0.15) is 0 Å². The third-order valence-electron chi connectivity index (χ3n) is 4.42. The molecule has 3 aromatic rings. The Morgan fingerprint density at radius 2 is 1.68 bits per heavy atom. The summed E-state index contributed by atoms with van der Waals surface area (Å²) in [4.78, 5) is 34.3. The Kier molecular flexibility index (Phi) is 3.90. The van der Waals surface area contributed by atoms with Crippen molar-refractivity contribution in [3.8, 4) is 11.4 Å². The average Bonchev–Trinajstić information content (AvgIpc) is 2.68. The molecule has 5 heteroatoms. The van der Waals surface area contributed by atoms with E-state index in [1.165, 1.54) is 0 Å². The summed E-state index contributed by atoms with van der Waals surface area (Å²) in [6.07, 6.45) is 0.581. The Balaban J connectivity index is 1.64. The average molecular weight is 331 g/mol. The fourth-order valence-corrected chi connectivity index (χ4v) is 3.09. The molecule has 0 spiro atoms. The Labute approximate surface area is 145 Å². The van der Waals surface area contributed by atoms with E-state index in [0.717, 1.165) is 11.3 Å². The number of carbonyl (C=O) groups is 1. The summed E-state index contributed by atoms with van der Waals surface area (Å²) >= 11 is 0. The Morgan fingerprint density at radius 1 is 1.00 bits per heavy atom. The quantitative estimate of drug-likeness (QED) is 0.785. The fourth-order valence-electron chi connectivity index (χ4n) is 3.09. The maximum Gasteiger partial charge on any atom is 0.256 e. The minimum absolute atomic E-state index is 0.0576. The summed E-state index contributed by atoms with van der Waals surface area (Å²) in [5.74, 6) is 0.518. The van der Waals surface area contributed by atoms with Gasteiger partial charge in [0.2, 0.25) is 0 Å². The third-order valence-corrected chi connectivity index (χ3v) is 4.42. The third kappa shape index (κ3) is 2.96. The molecule has 0 fully saturated rings. The number of H-pyrrole nitrogens is 1. The molecule has 0 aliphatic carbocycles. The van der Waals surface area contributed by atoms with Gasteiger partial charge in [0.1, 0.15) is 5.82 Å². The van der Waals surface area contributed by atoms with Crippen LogP contribution in [0.3, 0.4) is 0 Å². The molecule has 5 nitrogen and oxygen atoms in total. The lowest BCUT2D eigenvalue weighted by molar-refractivity contribution is 0.0732. The van der Waals surface area contributed by atoms with E-state index in [2.05, 4.69) is 9.97 Å². The molecule has 4 rings (SSSR count). The Bertz CT molecular complexity index is 965. The van der Waals surface area contributed by atoms with Gasteiger partial charge >= 0.3 is 0 Å². The molecule has 0 saturated carbocycles. The number of fused-ring (bicyclic) bond motifs is 1. The molecule has 1 aromatic heterocycles. The SMILES string of the molecule is O=C(c1ccccc1)N1CCc2nc(-c3ccccc3)[nH]c(=O)c2C1. The van der Waals surface area contributed by atoms with Gasteiger partial charge < -0.3 is 9.88 Å². The van der Waals surface area contributed by atoms with E-state index < -0.39 is 0 Å². The molecule has 0 saturated heterocycles. The highest BCUT2D eigenvalue weighted by Crippen LogP contribution is 2.19. The first-order chi connectivity index (χ1) is 12.2. The van der Waals surface area contributed by atoms with Gasteiger partial charge in [0.25, 0.3) is 11.5 Å². The van der Waals surface area contributed by atoms with Crippen molar-refractivity contribution in [3.05, 3.63) is 87.8 Å². The number of rotatable bonds is 2. The van der Waals surface area contributed by atoms with Gasteiger partial charge in [-0.1, -0.05) is 48.5 Å². The summed E-state index contributed by atoms with van der Waals surface area (Å²) in [7, 11) is 0. The van der Waals surface area contributed by atoms with E-state index in [1.807, 2.05) is 48.5 Å². The number of nitrogens with zero attached hydrogens (tertiary/aromatic N) is 2. The van der Waals surface area contributed by atoms with Crippen LogP contribution in [-0.2, 0) is 13.0 Å². The van der Waals surface area contributed by atoms with Crippen LogP contribution in [0.5, 0.6) is 0 Å². The predicted molar refractivity (Wildman–Crippen MR) is 95.2 cm³/mol. The first-order valence-electron chi connectivity index (χ1n) is 8.24. The van der Waals surface area contributed by atoms with E-state index in [1.54, 1.807) is 17.0 Å². The lowest BCUT2D eigenvalue weighted by atomic mass is 10.0. The van der Waals surface area contributed by atoms with Gasteiger partial charge in [0, 0.05) is 24.1 Å². The molecule has 1 aliphatic heterocycles. The number of benzene rings is 2. The summed E-state index contributed by atoms with van der Waals surface area (Å²) in [5, 5.41) is 0. The van der Waals surface area contributed by atoms with Gasteiger partial charge in [-0.15, -0.1) is 0 Å². The maximum atomic E-state index is 12.6. The maximum absolute atomic E-state index is 12.6. The summed E-state index contributed by atoms with van der Waals surface area (Å²) in [6.45, 7) is 0.853. The van der Waals surface area contributed by atoms with Crippen LogP contribution in [-0.4, -0.2) is 27.3 Å². The van der Waals surface area contributed by atoms with Crippen LogP contribution >= 0.6 is 0 Å². The van der Waals surface area contributed by atoms with Gasteiger partial charge in [0.05, 0.1) is 17.8 Å². The molecular weight excluding hydrogens is 314 g/mol. The fraction of sp³-hybridized carbons (Fsp3) is 0.150. The molecule has 2 heterocycles. The molecule has 0 unspecified atom stereocenters. The number of amides is 1. The molecule has 1 N–H and O–H groups in total. The number of aromatic nitrogens is 2. The minimum Gasteiger partial charge on any atom is -0.334 e. The van der Waals surface area contributed by atoms with Crippen LogP contribution < -0.4 is 5.56 Å². The normalized spacial score (nSPS) is 13.4. The highest BCUT2D eigenvalue weighted by atomic mass is 16.2. The van der Waals surface area contributed by atoms with Crippen LogP contribution in [0.1, 0.15) is 21.6 Å². The number of hydrogen-bond donors (Lipinski definition) is 1. The lowest BCUT2D eigenvalue weighted by Crippen LogP contribution is -2.39. The molecule has 124 valence electrons. The number of hydrogen-bond acceptors (Lipinski definition) is 3. The van der Waals surface area contributed by atoms with E-state index in [-0.39, 0.29) is 11.5 Å². The van der Waals surface area contributed by atoms with Crippen molar-refractivity contribution in [2.45, 2.75) is 13.0 Å². The van der Waals surface area contributed by atoms with Crippen LogP contribution in [0.25, 0.3) is 11.4 Å². The highest BCUT2D eigenvalue weighted by Gasteiger charge is 2.25. The van der Waals surface area contributed by atoms with Gasteiger partial charge in [-0.05, 0) is 12.1 Å². The van der Waals surface area contributed by atoms with Crippen molar-refractivity contribution in [3.63, 3.8) is 0 Å². The Morgan fingerprint density at radius 3 is 2.40 bits per heavy atom. The second kappa shape index (κ2) is 6.36. The zero-order valence-corrected chi connectivity index (χ0v) is 13.6. The van der Waals surface area contributed by atoms with E-state index in [0.29, 0.717) is 36.5 Å². The largest absolute Gasteiger partial charge is 0.334 e. The standard InChI is InChI=1S/C20H17N3O2/c24-19-16-13-23(20(25)15-9-5-2-6-10-15)12-11-17(16)21-18(22-19)14-7-3-1-4-8-14/h1-10H,11-13H2,(H,21,22,24). The molecular formula is C20H17N3O2.